The van der Waals surface area contributed by atoms with E-state index in [-0.39, 0.29) is 43.5 Å². The maximum atomic E-state index is 14.7. The summed E-state index contributed by atoms with van der Waals surface area (Å²) in [5.74, 6) is -1.74. The maximum Gasteiger partial charge on any atom is 0.357 e. The van der Waals surface area contributed by atoms with Gasteiger partial charge in [-0.05, 0) is 31.2 Å². The van der Waals surface area contributed by atoms with Gasteiger partial charge >= 0.3 is 5.97 Å². The average Bonchev–Trinajstić information content (AvgIpc) is 3.24. The molecule has 1 aliphatic rings. The Labute approximate surface area is 214 Å². The van der Waals surface area contributed by atoms with Crippen LogP contribution in [0.1, 0.15) is 41.5 Å². The fourth-order valence-electron chi connectivity index (χ4n) is 3.65. The number of aliphatic imine (C=N–C) groups is 1. The van der Waals surface area contributed by atoms with E-state index in [9.17, 15) is 13.6 Å². The lowest BCUT2D eigenvalue weighted by Crippen LogP contribution is -2.10. The third-order valence-corrected chi connectivity index (χ3v) is 6.16. The largest absolute Gasteiger partial charge is 0.461 e. The zero-order valence-electron chi connectivity index (χ0n) is 18.2. The van der Waals surface area contributed by atoms with Gasteiger partial charge in [0.2, 0.25) is 5.95 Å². The number of rotatable bonds is 5. The first-order valence-corrected chi connectivity index (χ1v) is 11.7. The molecule has 1 N–H and O–H groups in total. The first-order valence-electron chi connectivity index (χ1n) is 10.5. The summed E-state index contributed by atoms with van der Waals surface area (Å²) in [6.45, 7) is 2.07. The summed E-state index contributed by atoms with van der Waals surface area (Å²) < 4.78 is 34.3. The van der Waals surface area contributed by atoms with Crippen molar-refractivity contribution in [1.82, 2.24) is 15.0 Å². The summed E-state index contributed by atoms with van der Waals surface area (Å²) >= 11 is 7.45. The van der Waals surface area contributed by atoms with Crippen LogP contribution in [0.4, 0.5) is 19.9 Å². The SMILES string of the molecule is C.CCOC(=O)c1csc(Nc2ncc3c(n2)-c2ccc(Cl)cc2C(c2c(F)cccc2F)=NC3)n1. The summed E-state index contributed by atoms with van der Waals surface area (Å²) in [5, 5.41) is 5.36. The highest BCUT2D eigenvalue weighted by atomic mass is 35.5. The monoisotopic (exact) mass is 527 g/mol. The van der Waals surface area contributed by atoms with E-state index in [2.05, 4.69) is 25.3 Å². The smallest absolute Gasteiger partial charge is 0.357 e. The molecule has 2 aromatic carbocycles. The van der Waals surface area contributed by atoms with Crippen molar-refractivity contribution >= 4 is 45.7 Å². The van der Waals surface area contributed by atoms with Crippen LogP contribution in [0.2, 0.25) is 5.02 Å². The van der Waals surface area contributed by atoms with Crippen molar-refractivity contribution in [2.75, 3.05) is 11.9 Å². The normalized spacial score (nSPS) is 11.9. The van der Waals surface area contributed by atoms with Gasteiger partial charge in [-0.1, -0.05) is 31.2 Å². The Bertz CT molecular complexity index is 1470. The molecule has 5 rings (SSSR count). The van der Waals surface area contributed by atoms with Crippen molar-refractivity contribution in [2.24, 2.45) is 4.99 Å². The number of nitrogens with one attached hydrogen (secondary N) is 1. The average molecular weight is 528 g/mol. The number of carbonyl (C=O) groups is 1. The Morgan fingerprint density at radius 3 is 2.69 bits per heavy atom. The molecule has 0 radical (unpaired) electrons. The van der Waals surface area contributed by atoms with Crippen LogP contribution in [-0.4, -0.2) is 33.2 Å². The summed E-state index contributed by atoms with van der Waals surface area (Å²) in [5.41, 5.74) is 2.33. The maximum absolute atomic E-state index is 14.7. The molecule has 4 aromatic rings. The number of fused-ring (bicyclic) bond motifs is 3. The van der Waals surface area contributed by atoms with Gasteiger partial charge in [-0.3, -0.25) is 4.99 Å². The molecule has 11 heteroatoms. The van der Waals surface area contributed by atoms with E-state index in [1.54, 1.807) is 36.7 Å². The second-order valence-electron chi connectivity index (χ2n) is 7.40. The molecule has 0 fully saturated rings. The second kappa shape index (κ2) is 10.5. The van der Waals surface area contributed by atoms with Crippen molar-refractivity contribution in [3.8, 4) is 11.3 Å². The lowest BCUT2D eigenvalue weighted by Gasteiger charge is -2.13. The fourth-order valence-corrected chi connectivity index (χ4v) is 4.49. The van der Waals surface area contributed by atoms with Crippen LogP contribution < -0.4 is 5.32 Å². The molecule has 7 nitrogen and oxygen atoms in total. The van der Waals surface area contributed by atoms with Crippen LogP contribution in [-0.2, 0) is 11.3 Å². The summed E-state index contributed by atoms with van der Waals surface area (Å²) in [4.78, 5) is 29.6. The Morgan fingerprint density at radius 1 is 1.17 bits per heavy atom. The van der Waals surface area contributed by atoms with E-state index in [1.165, 1.54) is 29.5 Å². The van der Waals surface area contributed by atoms with E-state index in [1.807, 2.05) is 0 Å². The number of halogens is 3. The molecule has 1 aliphatic heterocycles. The van der Waals surface area contributed by atoms with Gasteiger partial charge < -0.3 is 10.1 Å². The number of hydrogen-bond acceptors (Lipinski definition) is 8. The highest BCUT2D eigenvalue weighted by Gasteiger charge is 2.25. The minimum absolute atomic E-state index is 0. The summed E-state index contributed by atoms with van der Waals surface area (Å²) in [6.07, 6.45) is 1.59. The third kappa shape index (κ3) is 4.82. The molecule has 184 valence electrons. The van der Waals surface area contributed by atoms with Crippen molar-refractivity contribution < 1.29 is 18.3 Å². The number of benzene rings is 2. The van der Waals surface area contributed by atoms with Crippen molar-refractivity contribution in [3.05, 3.63) is 87.0 Å². The number of aromatic nitrogens is 3. The molecule has 0 saturated heterocycles. The summed E-state index contributed by atoms with van der Waals surface area (Å²) in [7, 11) is 0. The summed E-state index contributed by atoms with van der Waals surface area (Å²) in [6, 6.07) is 8.68. The number of esters is 1. The Hall–Kier alpha value is -3.76. The predicted molar refractivity (Wildman–Crippen MR) is 136 cm³/mol. The number of hydrogen-bond donors (Lipinski definition) is 1. The molecule has 0 amide bonds. The first-order chi connectivity index (χ1) is 16.9. The molecule has 0 saturated carbocycles. The van der Waals surface area contributed by atoms with Crippen molar-refractivity contribution in [3.63, 3.8) is 0 Å². The number of nitrogens with zero attached hydrogens (tertiary/aromatic N) is 4. The van der Waals surface area contributed by atoms with Crippen LogP contribution in [0.3, 0.4) is 0 Å². The minimum atomic E-state index is -0.727. The van der Waals surface area contributed by atoms with E-state index < -0.39 is 17.6 Å². The topological polar surface area (TPSA) is 89.4 Å². The van der Waals surface area contributed by atoms with Crippen LogP contribution in [0.25, 0.3) is 11.3 Å². The lowest BCUT2D eigenvalue weighted by molar-refractivity contribution is 0.0520. The van der Waals surface area contributed by atoms with Crippen LogP contribution in [0, 0.1) is 11.6 Å². The van der Waals surface area contributed by atoms with Crippen LogP contribution >= 0.6 is 22.9 Å². The minimum Gasteiger partial charge on any atom is -0.461 e. The molecule has 0 unspecified atom stereocenters. The predicted octanol–water partition coefficient (Wildman–Crippen LogP) is 6.44. The molecular formula is C25H20ClF2N5O2S. The van der Waals surface area contributed by atoms with E-state index in [0.29, 0.717) is 32.5 Å². The molecule has 36 heavy (non-hydrogen) atoms. The quantitative estimate of drug-likeness (QED) is 0.300. The van der Waals surface area contributed by atoms with E-state index in [0.717, 1.165) is 0 Å². The van der Waals surface area contributed by atoms with Gasteiger partial charge in [-0.15, -0.1) is 11.3 Å². The van der Waals surface area contributed by atoms with E-state index >= 15 is 0 Å². The van der Waals surface area contributed by atoms with Gasteiger partial charge in [-0.2, -0.15) is 0 Å². The Balaban J connectivity index is 0.00000304. The Kier molecular flexibility index (Phi) is 7.37. The van der Waals surface area contributed by atoms with Gasteiger partial charge in [0.15, 0.2) is 10.8 Å². The van der Waals surface area contributed by atoms with Crippen molar-refractivity contribution in [1.29, 1.82) is 0 Å². The molecule has 2 aromatic heterocycles. The van der Waals surface area contributed by atoms with E-state index in [4.69, 9.17) is 16.3 Å². The number of carbonyl (C=O) groups excluding carboxylic acids is 1. The lowest BCUT2D eigenvalue weighted by atomic mass is 9.95. The highest BCUT2D eigenvalue weighted by Crippen LogP contribution is 2.35. The van der Waals surface area contributed by atoms with Gasteiger partial charge in [0.1, 0.15) is 11.6 Å². The molecule has 0 aliphatic carbocycles. The number of ether oxygens (including phenoxy) is 1. The van der Waals surface area contributed by atoms with Gasteiger partial charge in [0, 0.05) is 33.3 Å². The first kappa shape index (κ1) is 25.3. The second-order valence-corrected chi connectivity index (χ2v) is 8.70. The molecule has 3 heterocycles. The Morgan fingerprint density at radius 2 is 1.94 bits per heavy atom. The fraction of sp³-hybridized carbons (Fsp3) is 0.160. The van der Waals surface area contributed by atoms with Gasteiger partial charge in [0.05, 0.1) is 30.1 Å². The number of anilines is 2. The van der Waals surface area contributed by atoms with Gasteiger partial charge in [-0.25, -0.2) is 28.5 Å². The molecular weight excluding hydrogens is 508 g/mol. The third-order valence-electron chi connectivity index (χ3n) is 5.17. The van der Waals surface area contributed by atoms with Crippen LogP contribution in [0.15, 0.2) is 53.0 Å². The zero-order chi connectivity index (χ0) is 24.5. The molecule has 0 bridgehead atoms. The zero-order valence-corrected chi connectivity index (χ0v) is 19.8. The number of thiazole rings is 1. The van der Waals surface area contributed by atoms with Crippen LogP contribution in [0.5, 0.6) is 0 Å². The molecule has 0 atom stereocenters. The van der Waals surface area contributed by atoms with Crippen molar-refractivity contribution in [2.45, 2.75) is 20.9 Å². The highest BCUT2D eigenvalue weighted by molar-refractivity contribution is 7.14. The molecule has 0 spiro atoms. The standard InChI is InChI=1S/C24H16ClF2N5O2S.CH4/c1-2-34-22(33)18-11-35-24(30-18)32-23-29-10-12-9-28-21(19-16(26)4-3-5-17(19)27)15-8-13(25)6-7-14(15)20(12)31-23;/h3-8,10-11H,2,9H2,1H3,(H,29,30,31,32);1H4. The van der Waals surface area contributed by atoms with Gasteiger partial charge in [0.25, 0.3) is 0 Å².